The molecule has 1 fully saturated rings. The molecule has 0 unspecified atom stereocenters. The van der Waals surface area contributed by atoms with Crippen LogP contribution in [0.4, 0.5) is 17.3 Å². The van der Waals surface area contributed by atoms with Gasteiger partial charge < -0.3 is 15.1 Å². The van der Waals surface area contributed by atoms with Gasteiger partial charge in [0.05, 0.1) is 4.92 Å². The molecule has 138 valence electrons. The number of halogens is 2. The highest BCUT2D eigenvalue weighted by molar-refractivity contribution is 6.34. The van der Waals surface area contributed by atoms with Crippen LogP contribution >= 0.6 is 23.2 Å². The monoisotopic (exact) mass is 396 g/mol. The van der Waals surface area contributed by atoms with Crippen LogP contribution in [0.3, 0.4) is 0 Å². The Balaban J connectivity index is 1.84. The molecule has 3 rings (SSSR count). The molecule has 0 aliphatic carbocycles. The van der Waals surface area contributed by atoms with Crippen molar-refractivity contribution >= 4 is 40.5 Å². The molecule has 1 N–H and O–H groups in total. The third-order valence-corrected chi connectivity index (χ3v) is 4.61. The zero-order valence-corrected chi connectivity index (χ0v) is 15.7. The summed E-state index contributed by atoms with van der Waals surface area (Å²) in [7, 11) is 2.02. The maximum atomic E-state index is 11.7. The molecular formula is C16H18Cl2N6O2. The summed E-state index contributed by atoms with van der Waals surface area (Å²) < 4.78 is 0. The standard InChI is InChI=1S/C16H18Cl2N6O2/c1-22-2-4-23(5-3-22)16-14(24(25)26)15(20-10-21-16)19-9-11-6-12(17)8-13(18)7-11/h6-8,10H,2-5,9H2,1H3,(H,19,20,21). The van der Waals surface area contributed by atoms with Gasteiger partial charge in [-0.15, -0.1) is 0 Å². The lowest BCUT2D eigenvalue weighted by atomic mass is 10.2. The lowest BCUT2D eigenvalue weighted by molar-refractivity contribution is -0.383. The van der Waals surface area contributed by atoms with Crippen molar-refractivity contribution in [1.82, 2.24) is 14.9 Å². The zero-order valence-electron chi connectivity index (χ0n) is 14.2. The van der Waals surface area contributed by atoms with Gasteiger partial charge in [-0.25, -0.2) is 9.97 Å². The van der Waals surface area contributed by atoms with Gasteiger partial charge in [0, 0.05) is 42.8 Å². The molecule has 1 aliphatic rings. The van der Waals surface area contributed by atoms with Gasteiger partial charge in [-0.1, -0.05) is 23.2 Å². The molecule has 0 atom stereocenters. The van der Waals surface area contributed by atoms with Crippen molar-refractivity contribution in [1.29, 1.82) is 0 Å². The number of piperazine rings is 1. The summed E-state index contributed by atoms with van der Waals surface area (Å²) in [6.45, 7) is 3.31. The summed E-state index contributed by atoms with van der Waals surface area (Å²) in [5.41, 5.74) is 0.682. The van der Waals surface area contributed by atoms with E-state index in [2.05, 4.69) is 20.2 Å². The molecule has 26 heavy (non-hydrogen) atoms. The Hall–Kier alpha value is -2.16. The Labute approximate surface area is 160 Å². The quantitative estimate of drug-likeness (QED) is 0.613. The summed E-state index contributed by atoms with van der Waals surface area (Å²) in [6.07, 6.45) is 1.34. The second-order valence-corrected chi connectivity index (χ2v) is 6.95. The number of aromatic nitrogens is 2. The van der Waals surface area contributed by atoms with E-state index >= 15 is 0 Å². The number of nitrogens with one attached hydrogen (secondary N) is 1. The van der Waals surface area contributed by atoms with Crippen LogP contribution in [0.5, 0.6) is 0 Å². The van der Waals surface area contributed by atoms with E-state index in [1.807, 2.05) is 11.9 Å². The van der Waals surface area contributed by atoms with Crippen LogP contribution < -0.4 is 10.2 Å². The van der Waals surface area contributed by atoms with Crippen LogP contribution in [0.25, 0.3) is 0 Å². The van der Waals surface area contributed by atoms with E-state index in [4.69, 9.17) is 23.2 Å². The Bertz CT molecular complexity index is 791. The first-order chi connectivity index (χ1) is 12.4. The topological polar surface area (TPSA) is 87.4 Å². The van der Waals surface area contributed by atoms with Gasteiger partial charge in [-0.3, -0.25) is 10.1 Å². The van der Waals surface area contributed by atoms with Gasteiger partial charge in [-0.05, 0) is 30.8 Å². The predicted molar refractivity (Wildman–Crippen MR) is 102 cm³/mol. The number of nitrogens with zero attached hydrogens (tertiary/aromatic N) is 5. The largest absolute Gasteiger partial charge is 0.360 e. The first-order valence-electron chi connectivity index (χ1n) is 8.06. The van der Waals surface area contributed by atoms with Crippen molar-refractivity contribution in [3.8, 4) is 0 Å². The second-order valence-electron chi connectivity index (χ2n) is 6.07. The summed E-state index contributed by atoms with van der Waals surface area (Å²) >= 11 is 12.0. The van der Waals surface area contributed by atoms with Crippen LogP contribution in [0.2, 0.25) is 10.0 Å². The van der Waals surface area contributed by atoms with E-state index in [9.17, 15) is 10.1 Å². The molecule has 10 heteroatoms. The number of likely N-dealkylation sites (N-methyl/N-ethyl adjacent to an activating group) is 1. The van der Waals surface area contributed by atoms with Crippen LogP contribution in [0.1, 0.15) is 5.56 Å². The Morgan fingerprint density at radius 1 is 1.15 bits per heavy atom. The highest BCUT2D eigenvalue weighted by Gasteiger charge is 2.28. The molecule has 2 aromatic rings. The zero-order chi connectivity index (χ0) is 18.7. The first-order valence-corrected chi connectivity index (χ1v) is 8.81. The average Bonchev–Trinajstić information content (AvgIpc) is 2.59. The number of benzene rings is 1. The number of hydrogen-bond acceptors (Lipinski definition) is 7. The summed E-state index contributed by atoms with van der Waals surface area (Å²) in [5, 5.41) is 15.7. The van der Waals surface area contributed by atoms with Gasteiger partial charge in [0.15, 0.2) is 0 Å². The molecule has 1 aromatic carbocycles. The molecule has 0 radical (unpaired) electrons. The van der Waals surface area contributed by atoms with Crippen LogP contribution in [0, 0.1) is 10.1 Å². The highest BCUT2D eigenvalue weighted by atomic mass is 35.5. The average molecular weight is 397 g/mol. The SMILES string of the molecule is CN1CCN(c2ncnc(NCc3cc(Cl)cc(Cl)c3)c2[N+](=O)[O-])CC1. The van der Waals surface area contributed by atoms with Crippen LogP contribution in [-0.4, -0.2) is 53.0 Å². The minimum Gasteiger partial charge on any atom is -0.360 e. The van der Waals surface area contributed by atoms with E-state index in [0.717, 1.165) is 18.7 Å². The minimum absolute atomic E-state index is 0.120. The van der Waals surface area contributed by atoms with E-state index in [1.165, 1.54) is 6.33 Å². The Morgan fingerprint density at radius 3 is 2.42 bits per heavy atom. The van der Waals surface area contributed by atoms with Crippen LogP contribution in [-0.2, 0) is 6.54 Å². The molecule has 0 amide bonds. The lowest BCUT2D eigenvalue weighted by Crippen LogP contribution is -2.45. The third kappa shape index (κ3) is 4.32. The molecule has 1 saturated heterocycles. The fraction of sp³-hybridized carbons (Fsp3) is 0.375. The molecule has 1 aromatic heterocycles. The van der Waals surface area contributed by atoms with Crippen molar-refractivity contribution in [3.05, 3.63) is 50.2 Å². The van der Waals surface area contributed by atoms with Gasteiger partial charge in [0.1, 0.15) is 6.33 Å². The molecular weight excluding hydrogens is 379 g/mol. The van der Waals surface area contributed by atoms with E-state index in [-0.39, 0.29) is 11.5 Å². The van der Waals surface area contributed by atoms with E-state index in [0.29, 0.717) is 35.5 Å². The smallest absolute Gasteiger partial charge is 0.353 e. The van der Waals surface area contributed by atoms with E-state index < -0.39 is 4.92 Å². The fourth-order valence-electron chi connectivity index (χ4n) is 2.82. The number of hydrogen-bond donors (Lipinski definition) is 1. The molecule has 0 bridgehead atoms. The fourth-order valence-corrected chi connectivity index (χ4v) is 3.39. The molecule has 8 nitrogen and oxygen atoms in total. The summed E-state index contributed by atoms with van der Waals surface area (Å²) in [4.78, 5) is 23.6. The number of anilines is 2. The van der Waals surface area contributed by atoms with Gasteiger partial charge in [-0.2, -0.15) is 0 Å². The normalized spacial score (nSPS) is 15.1. The molecule has 0 spiro atoms. The highest BCUT2D eigenvalue weighted by Crippen LogP contribution is 2.32. The van der Waals surface area contributed by atoms with Crippen molar-refractivity contribution in [2.75, 3.05) is 43.4 Å². The summed E-state index contributed by atoms with van der Waals surface area (Å²) in [5.74, 6) is 0.514. The molecule has 0 saturated carbocycles. The van der Waals surface area contributed by atoms with Gasteiger partial charge in [0.25, 0.3) is 0 Å². The van der Waals surface area contributed by atoms with Gasteiger partial charge in [0.2, 0.25) is 11.6 Å². The van der Waals surface area contributed by atoms with Crippen molar-refractivity contribution in [2.45, 2.75) is 6.54 Å². The van der Waals surface area contributed by atoms with E-state index in [1.54, 1.807) is 18.2 Å². The van der Waals surface area contributed by atoms with Crippen molar-refractivity contribution in [3.63, 3.8) is 0 Å². The van der Waals surface area contributed by atoms with Crippen molar-refractivity contribution < 1.29 is 4.92 Å². The third-order valence-electron chi connectivity index (χ3n) is 4.17. The molecule has 2 heterocycles. The molecule has 1 aliphatic heterocycles. The maximum absolute atomic E-state index is 11.7. The lowest BCUT2D eigenvalue weighted by Gasteiger charge is -2.32. The number of nitro groups is 1. The van der Waals surface area contributed by atoms with Crippen LogP contribution in [0.15, 0.2) is 24.5 Å². The maximum Gasteiger partial charge on any atom is 0.353 e. The number of rotatable bonds is 5. The summed E-state index contributed by atoms with van der Waals surface area (Å²) in [6, 6.07) is 5.12. The first kappa shape index (κ1) is 18.6. The minimum atomic E-state index is -0.444. The second kappa shape index (κ2) is 8.03. The Morgan fingerprint density at radius 2 is 1.81 bits per heavy atom. The van der Waals surface area contributed by atoms with Crippen molar-refractivity contribution in [2.24, 2.45) is 0 Å². The predicted octanol–water partition coefficient (Wildman–Crippen LogP) is 3.06. The Kier molecular flexibility index (Phi) is 5.75. The van der Waals surface area contributed by atoms with Gasteiger partial charge >= 0.3 is 5.69 Å².